The molecule has 2 aromatic carbocycles. The molecule has 1 amide bonds. The van der Waals surface area contributed by atoms with Gasteiger partial charge in [0, 0.05) is 31.7 Å². The number of carbonyl (C=O) groups excluding carboxylic acids is 1. The van der Waals surface area contributed by atoms with Gasteiger partial charge in [0.25, 0.3) is 5.91 Å². The number of halogens is 3. The zero-order valence-corrected chi connectivity index (χ0v) is 17.7. The number of methoxy groups -OCH3 is 2. The van der Waals surface area contributed by atoms with Gasteiger partial charge in [0.05, 0.1) is 19.8 Å². The SMILES string of the molecule is COc1ccc(OC)c2sc(N3CCN(C(=O)c4ccc(C(F)(F)F)cc4)CC3)nc12. The summed E-state index contributed by atoms with van der Waals surface area (Å²) in [6, 6.07) is 7.97. The average Bonchev–Trinajstić information content (AvgIpc) is 3.23. The third-order valence-corrected chi connectivity index (χ3v) is 6.33. The van der Waals surface area contributed by atoms with Crippen molar-refractivity contribution < 1.29 is 27.4 Å². The molecule has 4 rings (SSSR count). The van der Waals surface area contributed by atoms with Crippen molar-refractivity contribution in [2.45, 2.75) is 6.18 Å². The summed E-state index contributed by atoms with van der Waals surface area (Å²) in [6.45, 7) is 2.03. The highest BCUT2D eigenvalue weighted by Crippen LogP contribution is 2.40. The van der Waals surface area contributed by atoms with E-state index in [1.54, 1.807) is 19.1 Å². The van der Waals surface area contributed by atoms with Crippen LogP contribution in [-0.4, -0.2) is 56.2 Å². The van der Waals surface area contributed by atoms with Crippen LogP contribution in [0.5, 0.6) is 11.5 Å². The Morgan fingerprint density at radius 2 is 1.58 bits per heavy atom. The second-order valence-electron chi connectivity index (χ2n) is 7.00. The molecule has 6 nitrogen and oxygen atoms in total. The second-order valence-corrected chi connectivity index (χ2v) is 7.98. The van der Waals surface area contributed by atoms with Gasteiger partial charge in [-0.2, -0.15) is 13.2 Å². The van der Waals surface area contributed by atoms with Gasteiger partial charge in [0.2, 0.25) is 0 Å². The Morgan fingerprint density at radius 1 is 0.968 bits per heavy atom. The third-order valence-electron chi connectivity index (χ3n) is 5.20. The van der Waals surface area contributed by atoms with Crippen molar-refractivity contribution in [1.82, 2.24) is 9.88 Å². The number of fused-ring (bicyclic) bond motifs is 1. The van der Waals surface area contributed by atoms with E-state index in [-0.39, 0.29) is 11.5 Å². The predicted molar refractivity (Wildman–Crippen MR) is 112 cm³/mol. The first-order valence-corrected chi connectivity index (χ1v) is 10.4. The lowest BCUT2D eigenvalue weighted by atomic mass is 10.1. The largest absolute Gasteiger partial charge is 0.495 e. The topological polar surface area (TPSA) is 54.9 Å². The molecular weight excluding hydrogens is 431 g/mol. The van der Waals surface area contributed by atoms with Gasteiger partial charge in [-0.05, 0) is 36.4 Å². The molecule has 1 fully saturated rings. The van der Waals surface area contributed by atoms with Crippen molar-refractivity contribution in [3.8, 4) is 11.5 Å². The van der Waals surface area contributed by atoms with E-state index in [1.165, 1.54) is 23.5 Å². The molecule has 0 unspecified atom stereocenters. The molecule has 0 atom stereocenters. The van der Waals surface area contributed by atoms with E-state index in [0.29, 0.717) is 31.9 Å². The van der Waals surface area contributed by atoms with Gasteiger partial charge < -0.3 is 19.3 Å². The Kier molecular flexibility index (Phi) is 5.65. The van der Waals surface area contributed by atoms with Crippen molar-refractivity contribution in [3.05, 3.63) is 47.5 Å². The minimum atomic E-state index is -4.42. The van der Waals surface area contributed by atoms with E-state index in [4.69, 9.17) is 14.5 Å². The highest BCUT2D eigenvalue weighted by molar-refractivity contribution is 7.22. The zero-order chi connectivity index (χ0) is 22.2. The smallest absolute Gasteiger partial charge is 0.416 e. The molecule has 0 spiro atoms. The quantitative estimate of drug-likeness (QED) is 0.592. The Balaban J connectivity index is 1.47. The highest BCUT2D eigenvalue weighted by Gasteiger charge is 2.31. The molecule has 1 aromatic heterocycles. The summed E-state index contributed by atoms with van der Waals surface area (Å²) >= 11 is 1.49. The van der Waals surface area contributed by atoms with Crippen LogP contribution in [0.25, 0.3) is 10.2 Å². The number of amides is 1. The van der Waals surface area contributed by atoms with Gasteiger partial charge in [-0.1, -0.05) is 11.3 Å². The van der Waals surface area contributed by atoms with Crippen molar-refractivity contribution in [2.24, 2.45) is 0 Å². The molecule has 164 valence electrons. The number of aromatic nitrogens is 1. The van der Waals surface area contributed by atoms with Crippen molar-refractivity contribution in [1.29, 1.82) is 0 Å². The van der Waals surface area contributed by atoms with Crippen molar-refractivity contribution in [2.75, 3.05) is 45.3 Å². The lowest BCUT2D eigenvalue weighted by molar-refractivity contribution is -0.137. The fraction of sp³-hybridized carbons (Fsp3) is 0.333. The van der Waals surface area contributed by atoms with Crippen LogP contribution in [0.1, 0.15) is 15.9 Å². The van der Waals surface area contributed by atoms with Crippen LogP contribution < -0.4 is 14.4 Å². The molecule has 31 heavy (non-hydrogen) atoms. The number of piperazine rings is 1. The van der Waals surface area contributed by atoms with Gasteiger partial charge in [-0.25, -0.2) is 4.98 Å². The van der Waals surface area contributed by atoms with Gasteiger partial charge in [0.1, 0.15) is 21.7 Å². The van der Waals surface area contributed by atoms with Crippen LogP contribution >= 0.6 is 11.3 Å². The maximum atomic E-state index is 12.7. The first kappa shape index (κ1) is 21.2. The fourth-order valence-electron chi connectivity index (χ4n) is 3.49. The zero-order valence-electron chi connectivity index (χ0n) is 16.9. The van der Waals surface area contributed by atoms with Crippen LogP contribution in [0.3, 0.4) is 0 Å². The number of anilines is 1. The van der Waals surface area contributed by atoms with Crippen LogP contribution in [0.4, 0.5) is 18.3 Å². The van der Waals surface area contributed by atoms with E-state index >= 15 is 0 Å². The summed E-state index contributed by atoms with van der Waals surface area (Å²) in [7, 11) is 3.19. The average molecular weight is 451 g/mol. The summed E-state index contributed by atoms with van der Waals surface area (Å²) in [6.07, 6.45) is -4.42. The number of rotatable bonds is 4. The molecule has 1 aliphatic rings. The third kappa shape index (κ3) is 4.12. The summed E-state index contributed by atoms with van der Waals surface area (Å²) in [5.41, 5.74) is 0.205. The summed E-state index contributed by atoms with van der Waals surface area (Å²) in [5, 5.41) is 0.805. The number of benzene rings is 2. The summed E-state index contributed by atoms with van der Waals surface area (Å²) in [5.74, 6) is 1.10. The Labute approximate surface area is 180 Å². The van der Waals surface area contributed by atoms with Gasteiger partial charge in [-0.3, -0.25) is 4.79 Å². The van der Waals surface area contributed by atoms with Gasteiger partial charge in [0.15, 0.2) is 5.13 Å². The number of thiazole rings is 1. The lowest BCUT2D eigenvalue weighted by Gasteiger charge is -2.34. The highest BCUT2D eigenvalue weighted by atomic mass is 32.1. The standard InChI is InChI=1S/C21H20F3N3O3S/c1-29-15-7-8-16(30-2)18-17(15)25-20(31-18)27-11-9-26(10-12-27)19(28)13-3-5-14(6-4-13)21(22,23)24/h3-8H,9-12H2,1-2H3. The molecule has 3 aromatic rings. The molecule has 0 radical (unpaired) electrons. The van der Waals surface area contributed by atoms with Crippen molar-refractivity contribution >= 4 is 32.6 Å². The maximum Gasteiger partial charge on any atom is 0.416 e. The molecule has 0 saturated carbocycles. The molecule has 0 bridgehead atoms. The van der Waals surface area contributed by atoms with E-state index < -0.39 is 11.7 Å². The molecule has 1 aliphatic heterocycles. The molecule has 0 aliphatic carbocycles. The first-order valence-electron chi connectivity index (χ1n) is 9.55. The van der Waals surface area contributed by atoms with E-state index in [9.17, 15) is 18.0 Å². The minimum Gasteiger partial charge on any atom is -0.495 e. The van der Waals surface area contributed by atoms with Gasteiger partial charge >= 0.3 is 6.18 Å². The minimum absolute atomic E-state index is 0.246. The summed E-state index contributed by atoms with van der Waals surface area (Å²) in [4.78, 5) is 21.1. The van der Waals surface area contributed by atoms with Crippen LogP contribution in [0.2, 0.25) is 0 Å². The van der Waals surface area contributed by atoms with Crippen LogP contribution in [0, 0.1) is 0 Å². The maximum absolute atomic E-state index is 12.7. The number of nitrogens with zero attached hydrogens (tertiary/aromatic N) is 3. The monoisotopic (exact) mass is 451 g/mol. The van der Waals surface area contributed by atoms with Crippen LogP contribution in [-0.2, 0) is 6.18 Å². The second kappa shape index (κ2) is 8.26. The molecule has 10 heteroatoms. The molecule has 2 heterocycles. The number of carbonyl (C=O) groups is 1. The number of alkyl halides is 3. The van der Waals surface area contributed by atoms with Crippen LogP contribution in [0.15, 0.2) is 36.4 Å². The Morgan fingerprint density at radius 3 is 2.16 bits per heavy atom. The fourth-order valence-corrected chi connectivity index (χ4v) is 4.62. The lowest BCUT2D eigenvalue weighted by Crippen LogP contribution is -2.48. The predicted octanol–water partition coefficient (Wildman–Crippen LogP) is 4.29. The van der Waals surface area contributed by atoms with Crippen molar-refractivity contribution in [3.63, 3.8) is 0 Å². The van der Waals surface area contributed by atoms with E-state index in [1.807, 2.05) is 12.1 Å². The Bertz CT molecular complexity index is 1050. The number of hydrogen-bond donors (Lipinski definition) is 0. The number of ether oxygens (including phenoxy) is 2. The normalized spacial score (nSPS) is 14.7. The first-order chi connectivity index (χ1) is 14.8. The molecule has 1 saturated heterocycles. The van der Waals surface area contributed by atoms with E-state index in [0.717, 1.165) is 33.2 Å². The summed E-state index contributed by atoms with van der Waals surface area (Å²) < 4.78 is 49.9. The number of hydrogen-bond acceptors (Lipinski definition) is 6. The van der Waals surface area contributed by atoms with Gasteiger partial charge in [-0.15, -0.1) is 0 Å². The Hall–Kier alpha value is -3.01. The van der Waals surface area contributed by atoms with E-state index in [2.05, 4.69) is 4.90 Å². The molecule has 0 N–H and O–H groups in total. The molecular formula is C21H20F3N3O3S.